The first-order chi connectivity index (χ1) is 10.1. The molecule has 1 aromatic heterocycles. The van der Waals surface area contributed by atoms with E-state index >= 15 is 0 Å². The van der Waals surface area contributed by atoms with Crippen LogP contribution in [0.1, 0.15) is 32.8 Å². The van der Waals surface area contributed by atoms with Gasteiger partial charge in [-0.1, -0.05) is 32.4 Å². The van der Waals surface area contributed by atoms with Crippen LogP contribution in [0, 0.1) is 0 Å². The van der Waals surface area contributed by atoms with Gasteiger partial charge in [0.1, 0.15) is 0 Å². The Labute approximate surface area is 142 Å². The topological polar surface area (TPSA) is 24.9 Å². The minimum absolute atomic E-state index is 0.484. The smallest absolute Gasteiger partial charge is 0.0621 e. The summed E-state index contributed by atoms with van der Waals surface area (Å²) in [7, 11) is 0. The molecule has 4 atom stereocenters. The van der Waals surface area contributed by atoms with Crippen molar-refractivity contribution in [3.05, 3.63) is 29.0 Å². The van der Waals surface area contributed by atoms with Gasteiger partial charge < -0.3 is 5.32 Å². The molecule has 5 heteroatoms. The average molecular weight is 345 g/mol. The summed E-state index contributed by atoms with van der Waals surface area (Å²) in [5.41, 5.74) is 1.21. The highest BCUT2D eigenvalue weighted by atomic mass is 35.5. The summed E-state index contributed by atoms with van der Waals surface area (Å²) in [5.74, 6) is 1.22. The quantitative estimate of drug-likeness (QED) is 0.833. The van der Waals surface area contributed by atoms with Crippen molar-refractivity contribution in [2.45, 2.75) is 55.4 Å². The molecule has 0 amide bonds. The fourth-order valence-electron chi connectivity index (χ4n) is 2.49. The Morgan fingerprint density at radius 2 is 2.24 bits per heavy atom. The number of nitrogens with one attached hydrogen (secondary N) is 1. The lowest BCUT2D eigenvalue weighted by Gasteiger charge is -2.36. The van der Waals surface area contributed by atoms with Gasteiger partial charge in [0, 0.05) is 39.9 Å². The maximum atomic E-state index is 6.29. The summed E-state index contributed by atoms with van der Waals surface area (Å²) in [6.45, 7) is 7.98. The van der Waals surface area contributed by atoms with Crippen LogP contribution in [0.15, 0.2) is 18.5 Å². The van der Waals surface area contributed by atoms with Gasteiger partial charge in [-0.25, -0.2) is 0 Å². The molecule has 118 valence electrons. The molecular formula is C16H25ClN2S2. The zero-order valence-corrected chi connectivity index (χ0v) is 15.4. The molecule has 1 aliphatic rings. The Balaban J connectivity index is 2.05. The van der Waals surface area contributed by atoms with E-state index in [-0.39, 0.29) is 0 Å². The second-order valence-corrected chi connectivity index (χ2v) is 9.09. The molecule has 0 saturated carbocycles. The van der Waals surface area contributed by atoms with Crippen molar-refractivity contribution in [3.63, 3.8) is 0 Å². The molecule has 1 N–H and O–H groups in total. The SMILES string of the molecule is CCCNC(Cc1ccncc1Cl)C1CSC(C)C(C)S1. The zero-order chi connectivity index (χ0) is 15.2. The molecule has 0 bridgehead atoms. The molecule has 2 rings (SSSR count). The minimum Gasteiger partial charge on any atom is -0.313 e. The molecule has 2 nitrogen and oxygen atoms in total. The predicted molar refractivity (Wildman–Crippen MR) is 97.8 cm³/mol. The van der Waals surface area contributed by atoms with Crippen molar-refractivity contribution >= 4 is 35.1 Å². The van der Waals surface area contributed by atoms with Gasteiger partial charge in [0.05, 0.1) is 5.02 Å². The molecular weight excluding hydrogens is 320 g/mol. The summed E-state index contributed by atoms with van der Waals surface area (Å²) in [6, 6.07) is 2.53. The molecule has 2 heterocycles. The number of hydrogen-bond donors (Lipinski definition) is 1. The summed E-state index contributed by atoms with van der Waals surface area (Å²) in [4.78, 5) is 4.09. The number of aromatic nitrogens is 1. The van der Waals surface area contributed by atoms with E-state index in [9.17, 15) is 0 Å². The Kier molecular flexibility index (Phi) is 7.20. The van der Waals surface area contributed by atoms with Crippen LogP contribution in [0.4, 0.5) is 0 Å². The maximum Gasteiger partial charge on any atom is 0.0621 e. The summed E-state index contributed by atoms with van der Waals surface area (Å²) in [5, 5.41) is 6.64. The van der Waals surface area contributed by atoms with E-state index < -0.39 is 0 Å². The highest BCUT2D eigenvalue weighted by Gasteiger charge is 2.31. The lowest BCUT2D eigenvalue weighted by Crippen LogP contribution is -2.45. The van der Waals surface area contributed by atoms with Gasteiger partial charge in [-0.15, -0.1) is 0 Å². The number of thioether (sulfide) groups is 2. The van der Waals surface area contributed by atoms with Crippen LogP contribution in [-0.4, -0.2) is 39.1 Å². The average Bonchev–Trinajstić information content (AvgIpc) is 2.48. The largest absolute Gasteiger partial charge is 0.313 e. The lowest BCUT2D eigenvalue weighted by molar-refractivity contribution is 0.503. The molecule has 1 fully saturated rings. The molecule has 0 aliphatic carbocycles. The van der Waals surface area contributed by atoms with Gasteiger partial charge in [0.25, 0.3) is 0 Å². The number of halogens is 1. The van der Waals surface area contributed by atoms with Crippen LogP contribution in [-0.2, 0) is 6.42 Å². The van der Waals surface area contributed by atoms with E-state index in [1.807, 2.05) is 6.20 Å². The molecule has 4 unspecified atom stereocenters. The first-order valence-electron chi connectivity index (χ1n) is 7.70. The van der Waals surface area contributed by atoms with Gasteiger partial charge >= 0.3 is 0 Å². The summed E-state index contributed by atoms with van der Waals surface area (Å²) < 4.78 is 0. The molecule has 1 saturated heterocycles. The van der Waals surface area contributed by atoms with E-state index in [4.69, 9.17) is 11.6 Å². The van der Waals surface area contributed by atoms with Gasteiger partial charge in [-0.2, -0.15) is 23.5 Å². The van der Waals surface area contributed by atoms with Crippen molar-refractivity contribution in [2.75, 3.05) is 12.3 Å². The monoisotopic (exact) mass is 344 g/mol. The molecule has 1 aromatic rings. The zero-order valence-electron chi connectivity index (χ0n) is 13.0. The molecule has 0 aromatic carbocycles. The number of nitrogens with zero attached hydrogens (tertiary/aromatic N) is 1. The van der Waals surface area contributed by atoms with E-state index in [2.05, 4.69) is 60.7 Å². The van der Waals surface area contributed by atoms with Crippen LogP contribution in [0.3, 0.4) is 0 Å². The van der Waals surface area contributed by atoms with Gasteiger partial charge in [0.15, 0.2) is 0 Å². The molecule has 1 aliphatic heterocycles. The Bertz CT molecular complexity index is 444. The second kappa shape index (κ2) is 8.66. The number of pyridine rings is 1. The van der Waals surface area contributed by atoms with Crippen molar-refractivity contribution < 1.29 is 0 Å². The van der Waals surface area contributed by atoms with Crippen LogP contribution < -0.4 is 5.32 Å². The van der Waals surface area contributed by atoms with Crippen LogP contribution in [0.2, 0.25) is 5.02 Å². The fourth-order valence-corrected chi connectivity index (χ4v) is 5.82. The lowest BCUT2D eigenvalue weighted by atomic mass is 10.0. The normalized spacial score (nSPS) is 27.5. The van der Waals surface area contributed by atoms with Crippen LogP contribution in [0.25, 0.3) is 0 Å². The first kappa shape index (κ1) is 17.5. The van der Waals surface area contributed by atoms with E-state index in [1.54, 1.807) is 6.20 Å². The molecule has 0 radical (unpaired) electrons. The van der Waals surface area contributed by atoms with Crippen molar-refractivity contribution in [3.8, 4) is 0 Å². The van der Waals surface area contributed by atoms with Gasteiger partial charge in [-0.05, 0) is 31.0 Å². The fraction of sp³-hybridized carbons (Fsp3) is 0.688. The maximum absolute atomic E-state index is 6.29. The minimum atomic E-state index is 0.484. The third-order valence-corrected chi connectivity index (χ3v) is 7.87. The van der Waals surface area contributed by atoms with Crippen molar-refractivity contribution in [2.24, 2.45) is 0 Å². The Morgan fingerprint density at radius 3 is 2.90 bits per heavy atom. The second-order valence-electron chi connectivity index (χ2n) is 5.65. The molecule has 0 spiro atoms. The van der Waals surface area contributed by atoms with Crippen molar-refractivity contribution in [1.82, 2.24) is 10.3 Å². The highest BCUT2D eigenvalue weighted by molar-refractivity contribution is 8.07. The standard InChI is InChI=1S/C16H25ClN2S2/c1-4-6-19-15(8-13-5-7-18-9-14(13)17)16-10-20-11(2)12(3)21-16/h5,7,9,11-12,15-16,19H,4,6,8,10H2,1-3H3. The summed E-state index contributed by atoms with van der Waals surface area (Å²) >= 11 is 10.5. The van der Waals surface area contributed by atoms with Crippen LogP contribution in [0.5, 0.6) is 0 Å². The first-order valence-corrected chi connectivity index (χ1v) is 10.1. The van der Waals surface area contributed by atoms with E-state index in [0.717, 1.165) is 29.7 Å². The van der Waals surface area contributed by atoms with Crippen molar-refractivity contribution in [1.29, 1.82) is 0 Å². The highest BCUT2D eigenvalue weighted by Crippen LogP contribution is 2.37. The van der Waals surface area contributed by atoms with Crippen LogP contribution >= 0.6 is 35.1 Å². The third kappa shape index (κ3) is 5.05. The van der Waals surface area contributed by atoms with Gasteiger partial charge in [0.2, 0.25) is 0 Å². The summed E-state index contributed by atoms with van der Waals surface area (Å²) in [6.07, 6.45) is 5.74. The number of hydrogen-bond acceptors (Lipinski definition) is 4. The Morgan fingerprint density at radius 1 is 1.43 bits per heavy atom. The van der Waals surface area contributed by atoms with E-state index in [0.29, 0.717) is 16.5 Å². The molecule has 21 heavy (non-hydrogen) atoms. The predicted octanol–water partition coefficient (Wildman–Crippen LogP) is 4.27. The number of rotatable bonds is 6. The Hall–Kier alpha value is 0.1000. The van der Waals surface area contributed by atoms with Gasteiger partial charge in [-0.3, -0.25) is 4.98 Å². The van der Waals surface area contributed by atoms with E-state index in [1.165, 1.54) is 11.3 Å². The third-order valence-electron chi connectivity index (χ3n) is 3.98.